The molecule has 3 rings (SSSR count). The van der Waals surface area contributed by atoms with E-state index in [-0.39, 0.29) is 11.3 Å². The van der Waals surface area contributed by atoms with E-state index in [1.54, 1.807) is 12.1 Å². The van der Waals surface area contributed by atoms with Crippen LogP contribution < -0.4 is 10.6 Å². The fraction of sp³-hybridized carbons (Fsp3) is 0.105. The van der Waals surface area contributed by atoms with Gasteiger partial charge in [-0.05, 0) is 49.2 Å². The lowest BCUT2D eigenvalue weighted by molar-refractivity contribution is 0.102. The van der Waals surface area contributed by atoms with Gasteiger partial charge in [0.15, 0.2) is 0 Å². The summed E-state index contributed by atoms with van der Waals surface area (Å²) in [5.41, 5.74) is 3.49. The maximum atomic E-state index is 13.6. The molecule has 0 fully saturated rings. The zero-order chi connectivity index (χ0) is 17.8. The molecule has 0 saturated carbocycles. The number of amides is 1. The van der Waals surface area contributed by atoms with Crippen LogP contribution in [0.4, 0.5) is 21.7 Å². The standard InChI is InChI=1S/C19H17FN4O/c1-12-7-13(2)9-15(8-12)23-19-21-10-14(11-22-19)18(25)24-17-6-4-3-5-16(17)20/h3-11H,1-2H3,(H,24,25)(H,21,22,23). The van der Waals surface area contributed by atoms with E-state index in [1.807, 2.05) is 26.0 Å². The molecule has 0 bridgehead atoms. The van der Waals surface area contributed by atoms with Crippen molar-refractivity contribution in [3.8, 4) is 0 Å². The number of carbonyl (C=O) groups is 1. The molecule has 1 amide bonds. The second kappa shape index (κ2) is 7.09. The smallest absolute Gasteiger partial charge is 0.258 e. The number of para-hydroxylation sites is 1. The van der Waals surface area contributed by atoms with Gasteiger partial charge in [-0.2, -0.15) is 0 Å². The molecule has 0 aliphatic carbocycles. The van der Waals surface area contributed by atoms with Crippen molar-refractivity contribution in [2.75, 3.05) is 10.6 Å². The van der Waals surface area contributed by atoms with E-state index in [0.29, 0.717) is 5.95 Å². The number of nitrogens with zero attached hydrogens (tertiary/aromatic N) is 2. The van der Waals surface area contributed by atoms with Gasteiger partial charge in [0.2, 0.25) is 5.95 Å². The summed E-state index contributed by atoms with van der Waals surface area (Å²) >= 11 is 0. The predicted octanol–water partition coefficient (Wildman–Crippen LogP) is 4.23. The number of nitrogens with one attached hydrogen (secondary N) is 2. The SMILES string of the molecule is Cc1cc(C)cc(Nc2ncc(C(=O)Nc3ccccc3F)cn2)c1. The Hall–Kier alpha value is -3.28. The Morgan fingerprint density at radius 2 is 1.64 bits per heavy atom. The second-order valence-corrected chi connectivity index (χ2v) is 5.73. The van der Waals surface area contributed by atoms with Crippen LogP contribution in [-0.2, 0) is 0 Å². The monoisotopic (exact) mass is 336 g/mol. The van der Waals surface area contributed by atoms with Crippen LogP contribution in [0.2, 0.25) is 0 Å². The van der Waals surface area contributed by atoms with Crippen molar-refractivity contribution in [3.63, 3.8) is 0 Å². The number of carbonyl (C=O) groups excluding carboxylic acids is 1. The van der Waals surface area contributed by atoms with E-state index in [9.17, 15) is 9.18 Å². The quantitative estimate of drug-likeness (QED) is 0.748. The van der Waals surface area contributed by atoms with Crippen molar-refractivity contribution in [2.24, 2.45) is 0 Å². The van der Waals surface area contributed by atoms with Crippen LogP contribution in [0.3, 0.4) is 0 Å². The maximum Gasteiger partial charge on any atom is 0.258 e. The predicted molar refractivity (Wildman–Crippen MR) is 95.6 cm³/mol. The van der Waals surface area contributed by atoms with Gasteiger partial charge in [0.1, 0.15) is 5.82 Å². The molecule has 3 aromatic rings. The largest absolute Gasteiger partial charge is 0.324 e. The van der Waals surface area contributed by atoms with Crippen molar-refractivity contribution < 1.29 is 9.18 Å². The minimum atomic E-state index is -0.495. The molecule has 0 aliphatic heterocycles. The highest BCUT2D eigenvalue weighted by Gasteiger charge is 2.10. The van der Waals surface area contributed by atoms with Gasteiger partial charge in [-0.3, -0.25) is 4.79 Å². The Bertz CT molecular complexity index is 889. The van der Waals surface area contributed by atoms with Crippen LogP contribution in [-0.4, -0.2) is 15.9 Å². The third-order valence-electron chi connectivity index (χ3n) is 3.51. The molecular formula is C19H17FN4O. The Kier molecular flexibility index (Phi) is 4.70. The van der Waals surface area contributed by atoms with E-state index in [4.69, 9.17) is 0 Å². The highest BCUT2D eigenvalue weighted by molar-refractivity contribution is 6.03. The van der Waals surface area contributed by atoms with Gasteiger partial charge >= 0.3 is 0 Å². The van der Waals surface area contributed by atoms with Gasteiger partial charge in [0.25, 0.3) is 5.91 Å². The van der Waals surface area contributed by atoms with Crippen molar-refractivity contribution in [2.45, 2.75) is 13.8 Å². The highest BCUT2D eigenvalue weighted by atomic mass is 19.1. The number of hydrogen-bond acceptors (Lipinski definition) is 4. The van der Waals surface area contributed by atoms with E-state index >= 15 is 0 Å². The molecule has 0 atom stereocenters. The van der Waals surface area contributed by atoms with Gasteiger partial charge in [-0.1, -0.05) is 18.2 Å². The Labute approximate surface area is 145 Å². The van der Waals surface area contributed by atoms with Gasteiger partial charge in [0.05, 0.1) is 11.3 Å². The fourth-order valence-corrected chi connectivity index (χ4v) is 2.44. The first kappa shape index (κ1) is 16.6. The molecular weight excluding hydrogens is 319 g/mol. The summed E-state index contributed by atoms with van der Waals surface area (Å²) in [6.07, 6.45) is 2.79. The topological polar surface area (TPSA) is 66.9 Å². The molecule has 126 valence electrons. The summed E-state index contributed by atoms with van der Waals surface area (Å²) in [5.74, 6) is -0.583. The van der Waals surface area contributed by atoms with E-state index in [1.165, 1.54) is 24.5 Å². The van der Waals surface area contributed by atoms with Gasteiger partial charge in [-0.25, -0.2) is 14.4 Å². The van der Waals surface area contributed by atoms with Crippen molar-refractivity contribution in [1.29, 1.82) is 0 Å². The third kappa shape index (κ3) is 4.17. The first-order valence-corrected chi connectivity index (χ1v) is 7.74. The summed E-state index contributed by atoms with van der Waals surface area (Å²) in [7, 11) is 0. The lowest BCUT2D eigenvalue weighted by Crippen LogP contribution is -2.14. The minimum Gasteiger partial charge on any atom is -0.324 e. The minimum absolute atomic E-state index is 0.116. The van der Waals surface area contributed by atoms with Crippen LogP contribution >= 0.6 is 0 Å². The average molecular weight is 336 g/mol. The number of anilines is 3. The molecule has 1 heterocycles. The summed E-state index contributed by atoms with van der Waals surface area (Å²) in [5, 5.41) is 5.59. The molecule has 2 aromatic carbocycles. The lowest BCUT2D eigenvalue weighted by atomic mass is 10.1. The molecule has 1 aromatic heterocycles. The summed E-state index contributed by atoms with van der Waals surface area (Å²) in [6, 6.07) is 12.0. The van der Waals surface area contributed by atoms with Crippen LogP contribution in [0.5, 0.6) is 0 Å². The first-order chi connectivity index (χ1) is 12.0. The summed E-state index contributed by atoms with van der Waals surface area (Å²) in [4.78, 5) is 20.4. The molecule has 6 heteroatoms. The molecule has 0 spiro atoms. The number of benzene rings is 2. The molecule has 0 aliphatic rings. The average Bonchev–Trinajstić information content (AvgIpc) is 2.56. The zero-order valence-electron chi connectivity index (χ0n) is 13.9. The van der Waals surface area contributed by atoms with E-state index in [0.717, 1.165) is 16.8 Å². The molecule has 25 heavy (non-hydrogen) atoms. The number of aryl methyl sites for hydroxylation is 2. The van der Waals surface area contributed by atoms with E-state index < -0.39 is 11.7 Å². The normalized spacial score (nSPS) is 10.4. The summed E-state index contributed by atoms with van der Waals surface area (Å²) < 4.78 is 13.6. The zero-order valence-corrected chi connectivity index (χ0v) is 13.9. The number of aromatic nitrogens is 2. The van der Waals surface area contributed by atoms with Crippen LogP contribution in [0.15, 0.2) is 54.9 Å². The lowest BCUT2D eigenvalue weighted by Gasteiger charge is -2.08. The number of rotatable bonds is 4. The Balaban J connectivity index is 1.71. The van der Waals surface area contributed by atoms with Crippen LogP contribution in [0.1, 0.15) is 21.5 Å². The fourth-order valence-electron chi connectivity index (χ4n) is 2.44. The molecule has 0 radical (unpaired) electrons. The van der Waals surface area contributed by atoms with E-state index in [2.05, 4.69) is 26.7 Å². The molecule has 0 unspecified atom stereocenters. The molecule has 0 saturated heterocycles. The second-order valence-electron chi connectivity index (χ2n) is 5.73. The van der Waals surface area contributed by atoms with Crippen molar-refractivity contribution in [1.82, 2.24) is 9.97 Å². The van der Waals surface area contributed by atoms with Crippen molar-refractivity contribution >= 4 is 23.2 Å². The van der Waals surface area contributed by atoms with Crippen LogP contribution in [0, 0.1) is 19.7 Å². The molecule has 2 N–H and O–H groups in total. The van der Waals surface area contributed by atoms with Crippen molar-refractivity contribution in [3.05, 3.63) is 77.4 Å². The van der Waals surface area contributed by atoms with Gasteiger partial charge in [-0.15, -0.1) is 0 Å². The third-order valence-corrected chi connectivity index (χ3v) is 3.51. The Morgan fingerprint density at radius 3 is 2.28 bits per heavy atom. The number of halogens is 1. The highest BCUT2D eigenvalue weighted by Crippen LogP contribution is 2.17. The summed E-state index contributed by atoms with van der Waals surface area (Å²) in [6.45, 7) is 4.02. The van der Waals surface area contributed by atoms with Crippen LogP contribution in [0.25, 0.3) is 0 Å². The van der Waals surface area contributed by atoms with Gasteiger partial charge in [0, 0.05) is 18.1 Å². The van der Waals surface area contributed by atoms with Gasteiger partial charge < -0.3 is 10.6 Å². The first-order valence-electron chi connectivity index (χ1n) is 7.74. The molecule has 5 nitrogen and oxygen atoms in total. The Morgan fingerprint density at radius 1 is 1.00 bits per heavy atom. The number of hydrogen-bond donors (Lipinski definition) is 2. The maximum absolute atomic E-state index is 13.6.